The van der Waals surface area contributed by atoms with Gasteiger partial charge in [-0.3, -0.25) is 0 Å². The van der Waals surface area contributed by atoms with Crippen molar-refractivity contribution in [2.24, 2.45) is 0 Å². The number of hydrogen-bond donors (Lipinski definition) is 2. The van der Waals surface area contributed by atoms with Crippen LogP contribution in [0.2, 0.25) is 0 Å². The van der Waals surface area contributed by atoms with Gasteiger partial charge in [0.05, 0.1) is 19.8 Å². The van der Waals surface area contributed by atoms with Crippen molar-refractivity contribution >= 4 is 0 Å². The first-order chi connectivity index (χ1) is 10.2. The van der Waals surface area contributed by atoms with Gasteiger partial charge in [-0.2, -0.15) is 0 Å². The molecule has 0 aliphatic rings. The van der Waals surface area contributed by atoms with Gasteiger partial charge in [0.15, 0.2) is 0 Å². The highest BCUT2D eigenvalue weighted by atomic mass is 16.5. The molecule has 0 aliphatic heterocycles. The summed E-state index contributed by atoms with van der Waals surface area (Å²) in [6, 6.07) is 16.1. The number of aliphatic hydroxyl groups excluding tert-OH is 1. The lowest BCUT2D eigenvalue weighted by molar-refractivity contribution is 0.234. The number of aliphatic hydroxyl groups is 1. The Morgan fingerprint density at radius 2 is 1.86 bits per heavy atom. The SMILES string of the molecule is COc1ccc(C)cc1C(C)N[C@@H](CO)c1ccccc1. The van der Waals surface area contributed by atoms with Crippen LogP contribution in [0.25, 0.3) is 0 Å². The van der Waals surface area contributed by atoms with E-state index >= 15 is 0 Å². The molecule has 21 heavy (non-hydrogen) atoms. The molecule has 0 radical (unpaired) electrons. The lowest BCUT2D eigenvalue weighted by Gasteiger charge is -2.24. The van der Waals surface area contributed by atoms with Crippen LogP contribution in [-0.2, 0) is 0 Å². The van der Waals surface area contributed by atoms with Crippen molar-refractivity contribution in [1.82, 2.24) is 5.32 Å². The predicted molar refractivity (Wildman–Crippen MR) is 85.6 cm³/mol. The van der Waals surface area contributed by atoms with Crippen molar-refractivity contribution in [2.45, 2.75) is 25.9 Å². The maximum atomic E-state index is 9.66. The zero-order valence-electron chi connectivity index (χ0n) is 12.8. The van der Waals surface area contributed by atoms with Gasteiger partial charge in [0.25, 0.3) is 0 Å². The van der Waals surface area contributed by atoms with E-state index in [1.54, 1.807) is 7.11 Å². The quantitative estimate of drug-likeness (QED) is 0.855. The van der Waals surface area contributed by atoms with Crippen molar-refractivity contribution in [3.8, 4) is 5.75 Å². The number of hydrogen-bond acceptors (Lipinski definition) is 3. The molecule has 0 saturated carbocycles. The number of rotatable bonds is 6. The van der Waals surface area contributed by atoms with E-state index in [-0.39, 0.29) is 18.7 Å². The van der Waals surface area contributed by atoms with Crippen LogP contribution in [0.4, 0.5) is 0 Å². The van der Waals surface area contributed by atoms with Gasteiger partial charge >= 0.3 is 0 Å². The molecular formula is C18H23NO2. The number of nitrogens with one attached hydrogen (secondary N) is 1. The number of methoxy groups -OCH3 is 1. The summed E-state index contributed by atoms with van der Waals surface area (Å²) < 4.78 is 5.44. The molecule has 3 nitrogen and oxygen atoms in total. The van der Waals surface area contributed by atoms with E-state index in [2.05, 4.69) is 25.2 Å². The Bertz CT molecular complexity index is 569. The minimum Gasteiger partial charge on any atom is -0.496 e. The molecule has 2 atom stereocenters. The van der Waals surface area contributed by atoms with E-state index in [1.165, 1.54) is 5.56 Å². The van der Waals surface area contributed by atoms with Crippen molar-refractivity contribution in [3.05, 3.63) is 65.2 Å². The summed E-state index contributed by atoms with van der Waals surface area (Å²) in [6.45, 7) is 4.21. The molecule has 0 amide bonds. The second-order valence-electron chi connectivity index (χ2n) is 5.28. The van der Waals surface area contributed by atoms with Gasteiger partial charge in [-0.15, -0.1) is 0 Å². The molecule has 0 heterocycles. The molecule has 2 aromatic rings. The van der Waals surface area contributed by atoms with Gasteiger partial charge < -0.3 is 15.2 Å². The van der Waals surface area contributed by atoms with Crippen LogP contribution in [0, 0.1) is 6.92 Å². The van der Waals surface area contributed by atoms with Gasteiger partial charge in [-0.05, 0) is 25.5 Å². The van der Waals surface area contributed by atoms with Crippen molar-refractivity contribution in [1.29, 1.82) is 0 Å². The van der Waals surface area contributed by atoms with Crippen LogP contribution < -0.4 is 10.1 Å². The molecule has 1 unspecified atom stereocenters. The molecule has 3 heteroatoms. The Balaban J connectivity index is 2.20. The lowest BCUT2D eigenvalue weighted by Crippen LogP contribution is -2.27. The molecule has 0 aromatic heterocycles. The standard InChI is InChI=1S/C18H23NO2/c1-13-9-10-18(21-3)16(11-13)14(2)19-17(12-20)15-7-5-4-6-8-15/h4-11,14,17,19-20H,12H2,1-3H3/t14?,17-/m0/s1. The molecule has 0 bridgehead atoms. The minimum atomic E-state index is -0.0913. The maximum absolute atomic E-state index is 9.66. The monoisotopic (exact) mass is 285 g/mol. The van der Waals surface area contributed by atoms with Crippen molar-refractivity contribution in [2.75, 3.05) is 13.7 Å². The molecule has 0 fully saturated rings. The maximum Gasteiger partial charge on any atom is 0.123 e. The summed E-state index contributed by atoms with van der Waals surface area (Å²) in [4.78, 5) is 0. The zero-order chi connectivity index (χ0) is 15.2. The summed E-state index contributed by atoms with van der Waals surface area (Å²) in [5, 5.41) is 13.1. The fourth-order valence-electron chi connectivity index (χ4n) is 2.52. The van der Waals surface area contributed by atoms with Gasteiger partial charge in [0, 0.05) is 11.6 Å². The third kappa shape index (κ3) is 3.84. The average molecular weight is 285 g/mol. The van der Waals surface area contributed by atoms with E-state index in [0.29, 0.717) is 0 Å². The van der Waals surface area contributed by atoms with E-state index in [4.69, 9.17) is 4.74 Å². The molecule has 112 valence electrons. The molecule has 2 rings (SSSR count). The number of aryl methyl sites for hydroxylation is 1. The Morgan fingerprint density at radius 3 is 2.48 bits per heavy atom. The first-order valence-corrected chi connectivity index (χ1v) is 7.22. The highest BCUT2D eigenvalue weighted by molar-refractivity contribution is 5.39. The fourth-order valence-corrected chi connectivity index (χ4v) is 2.52. The van der Waals surface area contributed by atoms with E-state index < -0.39 is 0 Å². The molecule has 2 aromatic carbocycles. The molecule has 0 aliphatic carbocycles. The number of benzene rings is 2. The first-order valence-electron chi connectivity index (χ1n) is 7.22. The van der Waals surface area contributed by atoms with Crippen LogP contribution >= 0.6 is 0 Å². The predicted octanol–water partition coefficient (Wildman–Crippen LogP) is 3.39. The van der Waals surface area contributed by atoms with Crippen LogP contribution in [0.15, 0.2) is 48.5 Å². The topological polar surface area (TPSA) is 41.5 Å². The highest BCUT2D eigenvalue weighted by Gasteiger charge is 2.17. The largest absolute Gasteiger partial charge is 0.496 e. The third-order valence-electron chi connectivity index (χ3n) is 3.69. The molecule has 0 saturated heterocycles. The Labute approximate surface area is 126 Å². The van der Waals surface area contributed by atoms with Gasteiger partial charge in [-0.25, -0.2) is 0 Å². The van der Waals surface area contributed by atoms with Crippen LogP contribution in [-0.4, -0.2) is 18.8 Å². The summed E-state index contributed by atoms with van der Waals surface area (Å²) in [6.07, 6.45) is 0. The number of ether oxygens (including phenoxy) is 1. The molecular weight excluding hydrogens is 262 g/mol. The second-order valence-corrected chi connectivity index (χ2v) is 5.28. The Morgan fingerprint density at radius 1 is 1.14 bits per heavy atom. The third-order valence-corrected chi connectivity index (χ3v) is 3.69. The first kappa shape index (κ1) is 15.5. The van der Waals surface area contributed by atoms with E-state index in [1.807, 2.05) is 42.5 Å². The average Bonchev–Trinajstić information content (AvgIpc) is 2.53. The normalized spacial score (nSPS) is 13.7. The smallest absolute Gasteiger partial charge is 0.123 e. The van der Waals surface area contributed by atoms with Gasteiger partial charge in [-0.1, -0.05) is 48.0 Å². The summed E-state index contributed by atoms with van der Waals surface area (Å²) in [7, 11) is 1.68. The van der Waals surface area contributed by atoms with Crippen LogP contribution in [0.1, 0.15) is 35.7 Å². The van der Waals surface area contributed by atoms with Crippen LogP contribution in [0.5, 0.6) is 5.75 Å². The summed E-state index contributed by atoms with van der Waals surface area (Å²) >= 11 is 0. The Hall–Kier alpha value is -1.84. The lowest BCUT2D eigenvalue weighted by atomic mass is 10.0. The summed E-state index contributed by atoms with van der Waals surface area (Å²) in [5.74, 6) is 0.866. The van der Waals surface area contributed by atoms with E-state index in [9.17, 15) is 5.11 Å². The molecule has 2 N–H and O–H groups in total. The summed E-state index contributed by atoms with van der Waals surface area (Å²) in [5.41, 5.74) is 3.38. The van der Waals surface area contributed by atoms with Gasteiger partial charge in [0.2, 0.25) is 0 Å². The van der Waals surface area contributed by atoms with Crippen LogP contribution in [0.3, 0.4) is 0 Å². The zero-order valence-corrected chi connectivity index (χ0v) is 12.8. The Kier molecular flexibility index (Phi) is 5.37. The second kappa shape index (κ2) is 7.25. The fraction of sp³-hybridized carbons (Fsp3) is 0.333. The van der Waals surface area contributed by atoms with Crippen molar-refractivity contribution in [3.63, 3.8) is 0 Å². The highest BCUT2D eigenvalue weighted by Crippen LogP contribution is 2.28. The van der Waals surface area contributed by atoms with Crippen molar-refractivity contribution < 1.29 is 9.84 Å². The van der Waals surface area contributed by atoms with Gasteiger partial charge in [0.1, 0.15) is 5.75 Å². The molecule has 0 spiro atoms. The minimum absolute atomic E-state index is 0.0580. The van der Waals surface area contributed by atoms with E-state index in [0.717, 1.165) is 16.9 Å².